The van der Waals surface area contributed by atoms with Crippen LogP contribution in [0.3, 0.4) is 0 Å². The molecule has 1 fully saturated rings. The first-order valence-electron chi connectivity index (χ1n) is 8.66. The molecule has 1 saturated heterocycles. The van der Waals surface area contributed by atoms with E-state index in [1.165, 1.54) is 35.6 Å². The van der Waals surface area contributed by atoms with Crippen LogP contribution in [0.25, 0.3) is 10.6 Å². The van der Waals surface area contributed by atoms with E-state index in [0.29, 0.717) is 4.88 Å². The van der Waals surface area contributed by atoms with Crippen LogP contribution in [0.4, 0.5) is 8.78 Å². The molecule has 0 spiro atoms. The molecule has 0 aromatic carbocycles. The van der Waals surface area contributed by atoms with Crippen molar-refractivity contribution < 1.29 is 23.1 Å². The van der Waals surface area contributed by atoms with Crippen LogP contribution in [0.1, 0.15) is 20.3 Å². The summed E-state index contributed by atoms with van der Waals surface area (Å²) in [5.41, 5.74) is 0.0721. The number of morpholine rings is 1. The molecule has 0 aliphatic carbocycles. The van der Waals surface area contributed by atoms with Crippen LogP contribution < -0.4 is 0 Å². The van der Waals surface area contributed by atoms with Crippen molar-refractivity contribution in [2.45, 2.75) is 6.10 Å². The summed E-state index contributed by atoms with van der Waals surface area (Å²) in [4.78, 5) is 39.1. The standard InChI is InChI=1S/C19H14F2N4O3S/c20-11-3-5-22-13(8-11)19(27)25-6-7-28-14(10-25)17(26)18-24-9-15(29-18)16-12(21)2-1-4-23-16/h1-5,8-9,14H,6-7,10H2/t14-/m0/s1. The zero-order valence-electron chi connectivity index (χ0n) is 14.9. The van der Waals surface area contributed by atoms with Gasteiger partial charge in [0.15, 0.2) is 5.01 Å². The van der Waals surface area contributed by atoms with E-state index in [-0.39, 0.29) is 36.1 Å². The molecule has 10 heteroatoms. The number of pyridine rings is 2. The SMILES string of the molecule is O=C(c1ncc(-c2ncccc2F)s1)[C@@H]1CN(C(=O)c2cc(F)ccn2)CCO1. The number of ether oxygens (including phenoxy) is 1. The number of Topliss-reactive ketones (excluding diaryl/α,β-unsaturated/α-hetero) is 1. The molecule has 4 rings (SSSR count). The quantitative estimate of drug-likeness (QED) is 0.608. The molecule has 0 bridgehead atoms. The Morgan fingerprint density at radius 1 is 1.17 bits per heavy atom. The summed E-state index contributed by atoms with van der Waals surface area (Å²) in [6, 6.07) is 4.94. The number of thiazole rings is 1. The Labute approximate surface area is 168 Å². The second-order valence-corrected chi connectivity index (χ2v) is 7.23. The molecular weight excluding hydrogens is 402 g/mol. The highest BCUT2D eigenvalue weighted by Crippen LogP contribution is 2.27. The minimum absolute atomic E-state index is 0.0112. The lowest BCUT2D eigenvalue weighted by atomic mass is 10.2. The second kappa shape index (κ2) is 8.10. The Hall–Kier alpha value is -3.11. The number of hydrogen-bond acceptors (Lipinski definition) is 7. The molecule has 0 radical (unpaired) electrons. The smallest absolute Gasteiger partial charge is 0.272 e. The van der Waals surface area contributed by atoms with Crippen molar-refractivity contribution in [2.75, 3.05) is 19.7 Å². The van der Waals surface area contributed by atoms with Gasteiger partial charge in [-0.25, -0.2) is 13.8 Å². The van der Waals surface area contributed by atoms with Gasteiger partial charge in [-0.05, 0) is 18.2 Å². The Kier molecular flexibility index (Phi) is 5.36. The van der Waals surface area contributed by atoms with Gasteiger partial charge in [-0.15, -0.1) is 11.3 Å². The number of nitrogens with zero attached hydrogens (tertiary/aromatic N) is 4. The third-order valence-electron chi connectivity index (χ3n) is 4.30. The number of amides is 1. The van der Waals surface area contributed by atoms with Gasteiger partial charge in [0.25, 0.3) is 5.91 Å². The third-order valence-corrected chi connectivity index (χ3v) is 5.31. The lowest BCUT2D eigenvalue weighted by molar-refractivity contribution is -0.0117. The molecule has 3 aromatic rings. The van der Waals surface area contributed by atoms with E-state index in [4.69, 9.17) is 4.74 Å². The molecule has 0 saturated carbocycles. The van der Waals surface area contributed by atoms with Gasteiger partial charge in [-0.1, -0.05) is 0 Å². The first kappa shape index (κ1) is 19.2. The minimum Gasteiger partial charge on any atom is -0.366 e. The van der Waals surface area contributed by atoms with Crippen LogP contribution in [0.5, 0.6) is 0 Å². The van der Waals surface area contributed by atoms with E-state index in [1.54, 1.807) is 0 Å². The highest BCUT2D eigenvalue weighted by molar-refractivity contribution is 7.17. The summed E-state index contributed by atoms with van der Waals surface area (Å²) in [5.74, 6) is -1.98. The summed E-state index contributed by atoms with van der Waals surface area (Å²) in [6.07, 6.45) is 3.12. The molecule has 1 aliphatic heterocycles. The van der Waals surface area contributed by atoms with Gasteiger partial charge in [-0.3, -0.25) is 19.6 Å². The molecule has 3 aromatic heterocycles. The Morgan fingerprint density at radius 2 is 2.03 bits per heavy atom. The Morgan fingerprint density at radius 3 is 2.83 bits per heavy atom. The molecule has 29 heavy (non-hydrogen) atoms. The fourth-order valence-corrected chi connectivity index (χ4v) is 3.78. The van der Waals surface area contributed by atoms with E-state index in [0.717, 1.165) is 23.5 Å². The van der Waals surface area contributed by atoms with E-state index in [1.807, 2.05) is 0 Å². The largest absolute Gasteiger partial charge is 0.366 e. The van der Waals surface area contributed by atoms with Crippen LogP contribution in [0.2, 0.25) is 0 Å². The molecule has 0 N–H and O–H groups in total. The zero-order valence-corrected chi connectivity index (χ0v) is 15.7. The zero-order chi connectivity index (χ0) is 20.4. The van der Waals surface area contributed by atoms with Gasteiger partial charge in [0.05, 0.1) is 18.0 Å². The second-order valence-electron chi connectivity index (χ2n) is 6.20. The van der Waals surface area contributed by atoms with Gasteiger partial charge >= 0.3 is 0 Å². The van der Waals surface area contributed by atoms with Crippen LogP contribution in [-0.2, 0) is 4.74 Å². The van der Waals surface area contributed by atoms with Crippen molar-refractivity contribution in [2.24, 2.45) is 0 Å². The Balaban J connectivity index is 1.49. The number of aromatic nitrogens is 3. The normalized spacial score (nSPS) is 16.6. The number of carbonyl (C=O) groups is 2. The van der Waals surface area contributed by atoms with E-state index < -0.39 is 29.4 Å². The minimum atomic E-state index is -0.922. The van der Waals surface area contributed by atoms with Crippen molar-refractivity contribution in [3.63, 3.8) is 0 Å². The number of hydrogen-bond donors (Lipinski definition) is 0. The predicted octanol–water partition coefficient (Wildman–Crippen LogP) is 2.60. The monoisotopic (exact) mass is 416 g/mol. The van der Waals surface area contributed by atoms with Crippen LogP contribution in [0.15, 0.2) is 42.9 Å². The first-order chi connectivity index (χ1) is 14.0. The summed E-state index contributed by atoms with van der Waals surface area (Å²) >= 11 is 1.00. The van der Waals surface area contributed by atoms with Crippen molar-refractivity contribution >= 4 is 23.0 Å². The fourth-order valence-electron chi connectivity index (χ4n) is 2.88. The molecule has 1 atom stereocenters. The van der Waals surface area contributed by atoms with Gasteiger partial charge in [0.1, 0.15) is 29.1 Å². The molecule has 7 nitrogen and oxygen atoms in total. The van der Waals surface area contributed by atoms with Gasteiger partial charge in [-0.2, -0.15) is 0 Å². The molecular formula is C19H14F2N4O3S. The highest BCUT2D eigenvalue weighted by Gasteiger charge is 2.32. The predicted molar refractivity (Wildman–Crippen MR) is 99.5 cm³/mol. The molecule has 1 amide bonds. The molecule has 148 valence electrons. The number of rotatable bonds is 4. The van der Waals surface area contributed by atoms with Gasteiger partial charge in [0, 0.05) is 31.2 Å². The average molecular weight is 416 g/mol. The maximum absolute atomic E-state index is 13.9. The van der Waals surface area contributed by atoms with Crippen molar-refractivity contribution in [1.29, 1.82) is 0 Å². The van der Waals surface area contributed by atoms with E-state index in [2.05, 4.69) is 15.0 Å². The molecule has 0 unspecified atom stereocenters. The van der Waals surface area contributed by atoms with Gasteiger partial charge in [0.2, 0.25) is 5.78 Å². The number of carbonyl (C=O) groups excluding carboxylic acids is 2. The van der Waals surface area contributed by atoms with Crippen LogP contribution >= 0.6 is 11.3 Å². The topological polar surface area (TPSA) is 85.3 Å². The van der Waals surface area contributed by atoms with Crippen molar-refractivity contribution in [3.8, 4) is 10.6 Å². The van der Waals surface area contributed by atoms with E-state index in [9.17, 15) is 18.4 Å². The number of halogens is 2. The van der Waals surface area contributed by atoms with Crippen LogP contribution in [0, 0.1) is 11.6 Å². The maximum Gasteiger partial charge on any atom is 0.272 e. The fraction of sp³-hybridized carbons (Fsp3) is 0.211. The maximum atomic E-state index is 13.9. The van der Waals surface area contributed by atoms with Gasteiger partial charge < -0.3 is 9.64 Å². The highest BCUT2D eigenvalue weighted by atomic mass is 32.1. The summed E-state index contributed by atoms with van der Waals surface area (Å²) in [6.45, 7) is 0.385. The lowest BCUT2D eigenvalue weighted by Gasteiger charge is -2.31. The van der Waals surface area contributed by atoms with Crippen LogP contribution in [-0.4, -0.2) is 57.3 Å². The third kappa shape index (κ3) is 4.03. The van der Waals surface area contributed by atoms with E-state index >= 15 is 0 Å². The summed E-state index contributed by atoms with van der Waals surface area (Å²) < 4.78 is 32.8. The molecule has 1 aliphatic rings. The lowest BCUT2D eigenvalue weighted by Crippen LogP contribution is -2.48. The molecule has 4 heterocycles. The first-order valence-corrected chi connectivity index (χ1v) is 9.48. The summed E-state index contributed by atoms with van der Waals surface area (Å²) in [7, 11) is 0. The summed E-state index contributed by atoms with van der Waals surface area (Å²) in [5, 5.41) is 0.133. The Bertz CT molecular complexity index is 1070. The van der Waals surface area contributed by atoms with Crippen molar-refractivity contribution in [3.05, 3.63) is 65.2 Å². The average Bonchev–Trinajstić information content (AvgIpc) is 3.23. The van der Waals surface area contributed by atoms with Crippen molar-refractivity contribution in [1.82, 2.24) is 19.9 Å². The number of ketones is 1.